The van der Waals surface area contributed by atoms with E-state index in [1.807, 2.05) is 0 Å². The molecule has 0 fully saturated rings. The maximum atomic E-state index is 4.80. The fraction of sp³-hybridized carbons (Fsp3) is 0.412. The van der Waals surface area contributed by atoms with Crippen molar-refractivity contribution in [3.05, 3.63) is 38.6 Å². The highest BCUT2D eigenvalue weighted by Gasteiger charge is 2.13. The van der Waals surface area contributed by atoms with E-state index in [1.165, 1.54) is 11.1 Å². The number of benzene rings is 1. The summed E-state index contributed by atoms with van der Waals surface area (Å²) in [7, 11) is 0. The molecule has 0 aliphatic carbocycles. The smallest absolute Gasteiger partial charge is 0.161 e. The van der Waals surface area contributed by atoms with Gasteiger partial charge in [-0.3, -0.25) is 0 Å². The Labute approximate surface area is 140 Å². The maximum Gasteiger partial charge on any atom is 0.161 e. The SMILES string of the molecule is CCCc1nc(-c2cc(C)cc(C)c2)nc(NCC)c1I. The first-order chi connectivity index (χ1) is 10.0. The molecular weight excluding hydrogens is 373 g/mol. The van der Waals surface area contributed by atoms with Crippen LogP contribution in [0.1, 0.15) is 37.1 Å². The normalized spacial score (nSPS) is 10.7. The highest BCUT2D eigenvalue weighted by molar-refractivity contribution is 14.1. The number of rotatable bonds is 5. The molecule has 0 unspecified atom stereocenters. The van der Waals surface area contributed by atoms with Gasteiger partial charge in [0.1, 0.15) is 5.82 Å². The van der Waals surface area contributed by atoms with Gasteiger partial charge in [0.05, 0.1) is 9.26 Å². The second-order valence-corrected chi connectivity index (χ2v) is 6.39. The third kappa shape index (κ3) is 3.93. The van der Waals surface area contributed by atoms with Crippen LogP contribution >= 0.6 is 22.6 Å². The summed E-state index contributed by atoms with van der Waals surface area (Å²) in [5, 5.41) is 3.36. The minimum atomic E-state index is 0.821. The molecule has 0 bridgehead atoms. The zero-order valence-corrected chi connectivity index (χ0v) is 15.3. The Hall–Kier alpha value is -1.17. The molecular formula is C17H22IN3. The van der Waals surface area contributed by atoms with Gasteiger partial charge in [-0.25, -0.2) is 9.97 Å². The molecule has 1 aromatic heterocycles. The predicted molar refractivity (Wildman–Crippen MR) is 97.8 cm³/mol. The van der Waals surface area contributed by atoms with Crippen molar-refractivity contribution >= 4 is 28.4 Å². The fourth-order valence-corrected chi connectivity index (χ4v) is 3.12. The van der Waals surface area contributed by atoms with Crippen LogP contribution in [0.25, 0.3) is 11.4 Å². The van der Waals surface area contributed by atoms with Crippen molar-refractivity contribution < 1.29 is 0 Å². The minimum absolute atomic E-state index is 0.821. The second kappa shape index (κ2) is 7.20. The summed E-state index contributed by atoms with van der Waals surface area (Å²) in [4.78, 5) is 9.53. The summed E-state index contributed by atoms with van der Waals surface area (Å²) in [5.41, 5.74) is 4.72. The van der Waals surface area contributed by atoms with Gasteiger partial charge in [-0.05, 0) is 61.9 Å². The van der Waals surface area contributed by atoms with Crippen molar-refractivity contribution in [1.29, 1.82) is 0 Å². The van der Waals surface area contributed by atoms with Crippen LogP contribution < -0.4 is 5.32 Å². The first-order valence-electron chi connectivity index (χ1n) is 7.44. The molecule has 1 heterocycles. The largest absolute Gasteiger partial charge is 0.369 e. The lowest BCUT2D eigenvalue weighted by atomic mass is 10.1. The fourth-order valence-electron chi connectivity index (χ4n) is 2.41. The molecule has 112 valence electrons. The van der Waals surface area contributed by atoms with E-state index in [2.05, 4.69) is 73.8 Å². The Morgan fingerprint density at radius 1 is 1.05 bits per heavy atom. The molecule has 0 aliphatic rings. The Morgan fingerprint density at radius 3 is 2.29 bits per heavy atom. The van der Waals surface area contributed by atoms with E-state index in [0.717, 1.165) is 45.9 Å². The quantitative estimate of drug-likeness (QED) is 0.743. The maximum absolute atomic E-state index is 4.80. The molecule has 2 aromatic rings. The molecule has 0 amide bonds. The second-order valence-electron chi connectivity index (χ2n) is 5.31. The molecule has 0 aliphatic heterocycles. The van der Waals surface area contributed by atoms with Gasteiger partial charge in [0.25, 0.3) is 0 Å². The van der Waals surface area contributed by atoms with E-state index >= 15 is 0 Å². The zero-order chi connectivity index (χ0) is 15.4. The molecule has 0 saturated carbocycles. The van der Waals surface area contributed by atoms with Gasteiger partial charge in [0.2, 0.25) is 0 Å². The summed E-state index contributed by atoms with van der Waals surface area (Å²) in [6.07, 6.45) is 2.07. The van der Waals surface area contributed by atoms with E-state index in [9.17, 15) is 0 Å². The van der Waals surface area contributed by atoms with Crippen molar-refractivity contribution in [2.24, 2.45) is 0 Å². The molecule has 0 saturated heterocycles. The summed E-state index contributed by atoms with van der Waals surface area (Å²) < 4.78 is 1.14. The van der Waals surface area contributed by atoms with Crippen LogP contribution in [-0.2, 0) is 6.42 Å². The summed E-state index contributed by atoms with van der Waals surface area (Å²) in [6, 6.07) is 6.48. The first-order valence-corrected chi connectivity index (χ1v) is 8.52. The van der Waals surface area contributed by atoms with Crippen LogP contribution in [0, 0.1) is 17.4 Å². The third-order valence-corrected chi connectivity index (χ3v) is 4.36. The number of halogens is 1. The Morgan fingerprint density at radius 2 is 1.71 bits per heavy atom. The molecule has 0 spiro atoms. The summed E-state index contributed by atoms with van der Waals surface area (Å²) in [5.74, 6) is 1.77. The molecule has 0 atom stereocenters. The third-order valence-electron chi connectivity index (χ3n) is 3.23. The predicted octanol–water partition coefficient (Wildman–Crippen LogP) is 4.75. The molecule has 3 nitrogen and oxygen atoms in total. The molecule has 1 aromatic carbocycles. The van der Waals surface area contributed by atoms with Gasteiger partial charge in [-0.1, -0.05) is 30.5 Å². The van der Waals surface area contributed by atoms with Crippen molar-refractivity contribution in [3.63, 3.8) is 0 Å². The van der Waals surface area contributed by atoms with Crippen LogP contribution in [0.4, 0.5) is 5.82 Å². The van der Waals surface area contributed by atoms with Crippen molar-refractivity contribution in [1.82, 2.24) is 9.97 Å². The number of nitrogens with zero attached hydrogens (tertiary/aromatic N) is 2. The standard InChI is InChI=1S/C17H22IN3/c1-5-7-14-15(18)17(19-6-2)21-16(20-14)13-9-11(3)8-12(4)10-13/h8-10H,5-7H2,1-4H3,(H,19,20,21). The van der Waals surface area contributed by atoms with Gasteiger partial charge in [0, 0.05) is 12.1 Å². The molecule has 1 N–H and O–H groups in total. The average molecular weight is 395 g/mol. The minimum Gasteiger partial charge on any atom is -0.369 e. The number of hydrogen-bond acceptors (Lipinski definition) is 3. The topological polar surface area (TPSA) is 37.8 Å². The lowest BCUT2D eigenvalue weighted by Gasteiger charge is -2.12. The number of nitrogens with one attached hydrogen (secondary N) is 1. The van der Waals surface area contributed by atoms with E-state index in [4.69, 9.17) is 9.97 Å². The Bertz CT molecular complexity index is 591. The van der Waals surface area contributed by atoms with Crippen molar-refractivity contribution in [2.45, 2.75) is 40.5 Å². The van der Waals surface area contributed by atoms with E-state index in [-0.39, 0.29) is 0 Å². The van der Waals surface area contributed by atoms with Crippen molar-refractivity contribution in [3.8, 4) is 11.4 Å². The Balaban J connectivity index is 2.56. The highest BCUT2D eigenvalue weighted by atomic mass is 127. The van der Waals surface area contributed by atoms with Crippen LogP contribution in [0.3, 0.4) is 0 Å². The monoisotopic (exact) mass is 395 g/mol. The summed E-state index contributed by atoms with van der Waals surface area (Å²) >= 11 is 2.35. The average Bonchev–Trinajstić information content (AvgIpc) is 2.42. The van der Waals surface area contributed by atoms with Crippen LogP contribution in [0.15, 0.2) is 18.2 Å². The Kier molecular flexibility index (Phi) is 5.56. The number of hydrogen-bond donors (Lipinski definition) is 1. The van der Waals surface area contributed by atoms with E-state index in [1.54, 1.807) is 0 Å². The van der Waals surface area contributed by atoms with E-state index < -0.39 is 0 Å². The van der Waals surface area contributed by atoms with Gasteiger partial charge in [0.15, 0.2) is 5.82 Å². The van der Waals surface area contributed by atoms with Gasteiger partial charge >= 0.3 is 0 Å². The zero-order valence-electron chi connectivity index (χ0n) is 13.1. The van der Waals surface area contributed by atoms with Crippen molar-refractivity contribution in [2.75, 3.05) is 11.9 Å². The summed E-state index contributed by atoms with van der Waals surface area (Å²) in [6.45, 7) is 9.36. The number of aryl methyl sites for hydroxylation is 3. The van der Waals surface area contributed by atoms with Gasteiger partial charge in [-0.15, -0.1) is 0 Å². The van der Waals surface area contributed by atoms with Crippen LogP contribution in [0.2, 0.25) is 0 Å². The van der Waals surface area contributed by atoms with Crippen LogP contribution in [0.5, 0.6) is 0 Å². The highest BCUT2D eigenvalue weighted by Crippen LogP contribution is 2.26. The molecule has 0 radical (unpaired) electrons. The van der Waals surface area contributed by atoms with Gasteiger partial charge < -0.3 is 5.32 Å². The molecule has 2 rings (SSSR count). The number of anilines is 1. The van der Waals surface area contributed by atoms with Crippen LogP contribution in [-0.4, -0.2) is 16.5 Å². The van der Waals surface area contributed by atoms with E-state index in [0.29, 0.717) is 0 Å². The van der Waals surface area contributed by atoms with Gasteiger partial charge in [-0.2, -0.15) is 0 Å². The molecule has 4 heteroatoms. The lowest BCUT2D eigenvalue weighted by Crippen LogP contribution is -2.08. The lowest BCUT2D eigenvalue weighted by molar-refractivity contribution is 0.866. The first kappa shape index (κ1) is 16.2. The molecule has 21 heavy (non-hydrogen) atoms. The number of aromatic nitrogens is 2.